The summed E-state index contributed by atoms with van der Waals surface area (Å²) < 4.78 is 11.7. The maximum Gasteiger partial charge on any atom is 0.251 e. The van der Waals surface area contributed by atoms with Crippen molar-refractivity contribution >= 4 is 50.8 Å². The first-order valence-electron chi connectivity index (χ1n) is 8.94. The Hall–Kier alpha value is -2.65. The Bertz CT molecular complexity index is 982. The molecular weight excluding hydrogens is 458 g/mol. The molecule has 4 rings (SSSR count). The number of anilines is 1. The quantitative estimate of drug-likeness (QED) is 0.669. The zero-order valence-electron chi connectivity index (χ0n) is 15.6. The molecule has 2 aliphatic heterocycles. The molecular formula is C20H18BrN3O4S. The maximum atomic E-state index is 12.7. The highest BCUT2D eigenvalue weighted by Gasteiger charge is 2.41. The van der Waals surface area contributed by atoms with Crippen LogP contribution in [0.1, 0.15) is 12.0 Å². The Morgan fingerprint density at radius 3 is 2.69 bits per heavy atom. The standard InChI is InChI=1S/C20H18BrN3O4S/c1-23-19(26)15(9-18(25)22-14-5-3-13(21)4-6-14)24(20(23)29)10-12-2-7-16-17(8-12)28-11-27-16/h2-8,15H,9-11H2,1H3,(H,22,25). The van der Waals surface area contributed by atoms with E-state index in [1.165, 1.54) is 4.90 Å². The highest BCUT2D eigenvalue weighted by Crippen LogP contribution is 2.33. The Balaban J connectivity index is 1.49. The van der Waals surface area contributed by atoms with Gasteiger partial charge in [-0.25, -0.2) is 0 Å². The van der Waals surface area contributed by atoms with Gasteiger partial charge in [-0.3, -0.25) is 14.5 Å². The van der Waals surface area contributed by atoms with Crippen LogP contribution >= 0.6 is 28.1 Å². The zero-order valence-corrected chi connectivity index (χ0v) is 18.0. The van der Waals surface area contributed by atoms with E-state index in [9.17, 15) is 9.59 Å². The molecule has 2 aromatic carbocycles. The monoisotopic (exact) mass is 475 g/mol. The molecule has 9 heteroatoms. The van der Waals surface area contributed by atoms with Crippen molar-refractivity contribution in [3.8, 4) is 11.5 Å². The number of fused-ring (bicyclic) bond motifs is 1. The van der Waals surface area contributed by atoms with E-state index in [4.69, 9.17) is 21.7 Å². The Kier molecular flexibility index (Phi) is 5.42. The number of ether oxygens (including phenoxy) is 2. The summed E-state index contributed by atoms with van der Waals surface area (Å²) in [6.07, 6.45) is 0.00390. The van der Waals surface area contributed by atoms with E-state index in [1.807, 2.05) is 30.3 Å². The van der Waals surface area contributed by atoms with Gasteiger partial charge in [-0.15, -0.1) is 0 Å². The number of likely N-dealkylation sites (N-methyl/N-ethyl adjacent to an activating group) is 1. The molecule has 1 unspecified atom stereocenters. The second-order valence-corrected chi connectivity index (χ2v) is 8.05. The number of hydrogen-bond acceptors (Lipinski definition) is 5. The van der Waals surface area contributed by atoms with Crippen LogP contribution in [0.4, 0.5) is 5.69 Å². The van der Waals surface area contributed by atoms with Crippen molar-refractivity contribution in [2.75, 3.05) is 19.2 Å². The van der Waals surface area contributed by atoms with Crippen molar-refractivity contribution < 1.29 is 19.1 Å². The molecule has 0 saturated carbocycles. The molecule has 0 radical (unpaired) electrons. The summed E-state index contributed by atoms with van der Waals surface area (Å²) in [4.78, 5) is 28.5. The molecule has 2 heterocycles. The summed E-state index contributed by atoms with van der Waals surface area (Å²) in [5.74, 6) is 0.911. The predicted octanol–water partition coefficient (Wildman–Crippen LogP) is 3.13. The van der Waals surface area contributed by atoms with E-state index in [0.717, 1.165) is 10.0 Å². The van der Waals surface area contributed by atoms with Crippen LogP contribution in [-0.2, 0) is 16.1 Å². The lowest BCUT2D eigenvalue weighted by Gasteiger charge is -2.23. The van der Waals surface area contributed by atoms with Gasteiger partial charge in [0.1, 0.15) is 6.04 Å². The Morgan fingerprint density at radius 1 is 1.21 bits per heavy atom. The van der Waals surface area contributed by atoms with Crippen LogP contribution in [0, 0.1) is 0 Å². The van der Waals surface area contributed by atoms with Crippen molar-refractivity contribution in [2.24, 2.45) is 0 Å². The molecule has 0 bridgehead atoms. The molecule has 1 N–H and O–H groups in total. The number of carbonyl (C=O) groups is 2. The third-order valence-corrected chi connectivity index (χ3v) is 5.86. The normalized spacial score (nSPS) is 17.8. The summed E-state index contributed by atoms with van der Waals surface area (Å²) in [7, 11) is 1.63. The smallest absolute Gasteiger partial charge is 0.251 e. The van der Waals surface area contributed by atoms with Gasteiger partial charge in [-0.2, -0.15) is 0 Å². The summed E-state index contributed by atoms with van der Waals surface area (Å²) in [5, 5.41) is 3.22. The topological polar surface area (TPSA) is 71.1 Å². The average molecular weight is 476 g/mol. The Morgan fingerprint density at radius 2 is 1.93 bits per heavy atom. The van der Waals surface area contributed by atoms with E-state index < -0.39 is 6.04 Å². The molecule has 1 saturated heterocycles. The third-order valence-electron chi connectivity index (χ3n) is 4.82. The van der Waals surface area contributed by atoms with Crippen LogP contribution < -0.4 is 14.8 Å². The average Bonchev–Trinajstić information content (AvgIpc) is 3.24. The van der Waals surface area contributed by atoms with Crippen molar-refractivity contribution in [2.45, 2.75) is 19.0 Å². The lowest BCUT2D eigenvalue weighted by Crippen LogP contribution is -2.37. The Labute approximate surface area is 181 Å². The summed E-state index contributed by atoms with van der Waals surface area (Å²) in [5.41, 5.74) is 1.58. The van der Waals surface area contributed by atoms with Gasteiger partial charge >= 0.3 is 0 Å². The first kappa shape index (κ1) is 19.7. The molecule has 0 aliphatic carbocycles. The van der Waals surface area contributed by atoms with Crippen molar-refractivity contribution in [1.82, 2.24) is 9.80 Å². The lowest BCUT2D eigenvalue weighted by atomic mass is 10.1. The van der Waals surface area contributed by atoms with Gasteiger partial charge in [0.05, 0.1) is 6.42 Å². The number of carbonyl (C=O) groups excluding carboxylic acids is 2. The third kappa shape index (κ3) is 4.06. The molecule has 2 amide bonds. The van der Waals surface area contributed by atoms with Gasteiger partial charge in [-0.1, -0.05) is 22.0 Å². The number of thiocarbonyl (C=S) groups is 1. The van der Waals surface area contributed by atoms with Gasteiger partial charge in [0, 0.05) is 23.8 Å². The van der Waals surface area contributed by atoms with Crippen molar-refractivity contribution in [3.63, 3.8) is 0 Å². The maximum absolute atomic E-state index is 12.7. The summed E-state index contributed by atoms with van der Waals surface area (Å²) >= 11 is 8.81. The van der Waals surface area contributed by atoms with Crippen LogP contribution in [0.25, 0.3) is 0 Å². The minimum absolute atomic E-state index is 0.00390. The van der Waals surface area contributed by atoms with E-state index in [0.29, 0.717) is 28.8 Å². The predicted molar refractivity (Wildman–Crippen MR) is 115 cm³/mol. The van der Waals surface area contributed by atoms with Crippen LogP contribution in [0.3, 0.4) is 0 Å². The van der Waals surface area contributed by atoms with E-state index in [1.54, 1.807) is 24.1 Å². The number of nitrogens with one attached hydrogen (secondary N) is 1. The molecule has 1 fully saturated rings. The fraction of sp³-hybridized carbons (Fsp3) is 0.250. The van der Waals surface area contributed by atoms with Gasteiger partial charge < -0.3 is 19.7 Å². The van der Waals surface area contributed by atoms with Gasteiger partial charge in [0.2, 0.25) is 12.7 Å². The largest absolute Gasteiger partial charge is 0.454 e. The highest BCUT2D eigenvalue weighted by atomic mass is 79.9. The fourth-order valence-electron chi connectivity index (χ4n) is 3.31. The van der Waals surface area contributed by atoms with Crippen LogP contribution in [0.15, 0.2) is 46.9 Å². The van der Waals surface area contributed by atoms with Gasteiger partial charge in [0.15, 0.2) is 16.6 Å². The SMILES string of the molecule is CN1C(=O)C(CC(=O)Nc2ccc(Br)cc2)N(Cc2ccc3c(c2)OCO3)C1=S. The number of nitrogens with zero attached hydrogens (tertiary/aromatic N) is 2. The van der Waals surface area contributed by atoms with Gasteiger partial charge in [-0.05, 0) is 54.2 Å². The van der Waals surface area contributed by atoms with E-state index in [-0.39, 0.29) is 25.0 Å². The molecule has 29 heavy (non-hydrogen) atoms. The molecule has 1 atom stereocenters. The molecule has 0 spiro atoms. The number of benzene rings is 2. The summed E-state index contributed by atoms with van der Waals surface area (Å²) in [6, 6.07) is 12.2. The van der Waals surface area contributed by atoms with E-state index >= 15 is 0 Å². The lowest BCUT2D eigenvalue weighted by molar-refractivity contribution is -0.130. The minimum Gasteiger partial charge on any atom is -0.454 e. The second kappa shape index (κ2) is 8.00. The first-order valence-corrected chi connectivity index (χ1v) is 10.1. The minimum atomic E-state index is -0.659. The van der Waals surface area contributed by atoms with Gasteiger partial charge in [0.25, 0.3) is 5.91 Å². The van der Waals surface area contributed by atoms with E-state index in [2.05, 4.69) is 21.2 Å². The highest BCUT2D eigenvalue weighted by molar-refractivity contribution is 9.10. The van der Waals surface area contributed by atoms with Crippen molar-refractivity contribution in [1.29, 1.82) is 0 Å². The number of hydrogen-bond donors (Lipinski definition) is 1. The number of rotatable bonds is 5. The molecule has 2 aliphatic rings. The first-order chi connectivity index (χ1) is 13.9. The molecule has 2 aromatic rings. The fourth-order valence-corrected chi connectivity index (χ4v) is 3.86. The second-order valence-electron chi connectivity index (χ2n) is 6.77. The van der Waals surface area contributed by atoms with Crippen LogP contribution in [-0.4, -0.2) is 46.6 Å². The molecule has 150 valence electrons. The summed E-state index contributed by atoms with van der Waals surface area (Å²) in [6.45, 7) is 0.586. The number of halogens is 1. The molecule has 7 nitrogen and oxygen atoms in total. The van der Waals surface area contributed by atoms with Crippen LogP contribution in [0.2, 0.25) is 0 Å². The molecule has 0 aromatic heterocycles. The zero-order chi connectivity index (χ0) is 20.5. The van der Waals surface area contributed by atoms with Crippen LogP contribution in [0.5, 0.6) is 11.5 Å². The van der Waals surface area contributed by atoms with Crippen molar-refractivity contribution in [3.05, 3.63) is 52.5 Å². The number of amides is 2.